The fraction of sp³-hybridized carbons (Fsp3) is 0.533. The van der Waals surface area contributed by atoms with E-state index < -0.39 is 0 Å². The molecule has 2 unspecified atom stereocenters. The molecule has 1 fully saturated rings. The van der Waals surface area contributed by atoms with Crippen molar-refractivity contribution in [1.29, 1.82) is 5.26 Å². The topological polar surface area (TPSA) is 30.3 Å². The molecule has 0 spiro atoms. The summed E-state index contributed by atoms with van der Waals surface area (Å²) in [5, 5.41) is 9.08. The first-order chi connectivity index (χ1) is 8.72. The number of nitrogens with zero attached hydrogens (tertiary/aromatic N) is 3. The Kier molecular flexibility index (Phi) is 4.35. The number of likely N-dealkylation sites (N-methyl/N-ethyl adjacent to an activating group) is 1. The van der Waals surface area contributed by atoms with Crippen LogP contribution in [0.1, 0.15) is 24.9 Å². The number of rotatable bonds is 3. The Morgan fingerprint density at radius 3 is 2.67 bits per heavy atom. The zero-order valence-electron chi connectivity index (χ0n) is 11.2. The van der Waals surface area contributed by atoms with Gasteiger partial charge in [-0.2, -0.15) is 5.26 Å². The highest BCUT2D eigenvalue weighted by Crippen LogP contribution is 2.27. The summed E-state index contributed by atoms with van der Waals surface area (Å²) in [6, 6.07) is 13.5. The van der Waals surface area contributed by atoms with Crippen molar-refractivity contribution in [3.63, 3.8) is 0 Å². The van der Waals surface area contributed by atoms with Gasteiger partial charge in [0.2, 0.25) is 0 Å². The van der Waals surface area contributed by atoms with E-state index in [1.165, 1.54) is 5.56 Å². The van der Waals surface area contributed by atoms with Gasteiger partial charge in [0.15, 0.2) is 0 Å². The fourth-order valence-corrected chi connectivity index (χ4v) is 2.81. The molecular formula is C15H21N3. The van der Waals surface area contributed by atoms with Crippen molar-refractivity contribution < 1.29 is 0 Å². The molecule has 0 radical (unpaired) electrons. The van der Waals surface area contributed by atoms with Crippen LogP contribution in [0.15, 0.2) is 30.3 Å². The summed E-state index contributed by atoms with van der Waals surface area (Å²) in [7, 11) is 2.16. The zero-order chi connectivity index (χ0) is 13.0. The van der Waals surface area contributed by atoms with Gasteiger partial charge in [-0.05, 0) is 19.5 Å². The molecule has 1 heterocycles. The molecule has 0 saturated carbocycles. The van der Waals surface area contributed by atoms with Crippen LogP contribution in [0, 0.1) is 11.3 Å². The standard InChI is InChI=1S/C15H21N3/c1-13-12-17(2)10-11-18(13)15(8-9-16)14-6-4-3-5-7-14/h3-7,13,15H,8,10-12H2,1-2H3. The van der Waals surface area contributed by atoms with Gasteiger partial charge in [-0.3, -0.25) is 4.90 Å². The van der Waals surface area contributed by atoms with Gasteiger partial charge in [-0.25, -0.2) is 0 Å². The SMILES string of the molecule is CC1CN(C)CCN1C(CC#N)c1ccccc1. The van der Waals surface area contributed by atoms with E-state index in [9.17, 15) is 0 Å². The third-order valence-corrected chi connectivity index (χ3v) is 3.75. The molecule has 3 nitrogen and oxygen atoms in total. The molecule has 1 aromatic rings. The summed E-state index contributed by atoms with van der Waals surface area (Å²) in [5.41, 5.74) is 1.26. The number of hydrogen-bond acceptors (Lipinski definition) is 3. The Morgan fingerprint density at radius 1 is 1.33 bits per heavy atom. The fourth-order valence-electron chi connectivity index (χ4n) is 2.81. The molecule has 2 atom stereocenters. The molecule has 0 aliphatic carbocycles. The second-order valence-corrected chi connectivity index (χ2v) is 5.14. The van der Waals surface area contributed by atoms with E-state index in [4.69, 9.17) is 5.26 Å². The predicted octanol–water partition coefficient (Wildman–Crippen LogP) is 2.28. The lowest BCUT2D eigenvalue weighted by Gasteiger charge is -2.42. The highest BCUT2D eigenvalue weighted by atomic mass is 15.3. The molecule has 1 aromatic carbocycles. The van der Waals surface area contributed by atoms with Crippen molar-refractivity contribution >= 4 is 0 Å². The second-order valence-electron chi connectivity index (χ2n) is 5.14. The molecule has 0 aromatic heterocycles. The van der Waals surface area contributed by atoms with Crippen LogP contribution in [0.4, 0.5) is 0 Å². The highest BCUT2D eigenvalue weighted by Gasteiger charge is 2.28. The Hall–Kier alpha value is -1.37. The van der Waals surface area contributed by atoms with Gasteiger partial charge >= 0.3 is 0 Å². The smallest absolute Gasteiger partial charge is 0.0641 e. The Balaban J connectivity index is 2.18. The summed E-state index contributed by atoms with van der Waals surface area (Å²) in [6.45, 7) is 5.45. The minimum atomic E-state index is 0.236. The van der Waals surface area contributed by atoms with E-state index in [1.54, 1.807) is 0 Å². The van der Waals surface area contributed by atoms with Crippen LogP contribution in [-0.4, -0.2) is 42.5 Å². The zero-order valence-corrected chi connectivity index (χ0v) is 11.2. The van der Waals surface area contributed by atoms with Crippen molar-refractivity contribution in [2.75, 3.05) is 26.7 Å². The van der Waals surface area contributed by atoms with Crippen LogP contribution in [0.25, 0.3) is 0 Å². The summed E-state index contributed by atoms with van der Waals surface area (Å²) in [5.74, 6) is 0. The van der Waals surface area contributed by atoms with Crippen molar-refractivity contribution in [3.05, 3.63) is 35.9 Å². The maximum absolute atomic E-state index is 9.08. The van der Waals surface area contributed by atoms with E-state index in [-0.39, 0.29) is 6.04 Å². The Bertz CT molecular complexity index is 409. The van der Waals surface area contributed by atoms with Crippen LogP contribution in [0.5, 0.6) is 0 Å². The minimum absolute atomic E-state index is 0.236. The molecule has 3 heteroatoms. The predicted molar refractivity (Wildman–Crippen MR) is 73.1 cm³/mol. The molecule has 0 amide bonds. The summed E-state index contributed by atoms with van der Waals surface area (Å²) in [4.78, 5) is 4.83. The average Bonchev–Trinajstić information content (AvgIpc) is 2.38. The largest absolute Gasteiger partial charge is 0.304 e. The van der Waals surface area contributed by atoms with Crippen molar-refractivity contribution in [2.24, 2.45) is 0 Å². The average molecular weight is 243 g/mol. The van der Waals surface area contributed by atoms with E-state index in [1.807, 2.05) is 6.07 Å². The van der Waals surface area contributed by atoms with Gasteiger partial charge in [0.05, 0.1) is 12.5 Å². The maximum atomic E-state index is 9.08. The summed E-state index contributed by atoms with van der Waals surface area (Å²) in [6.07, 6.45) is 0.568. The monoisotopic (exact) mass is 243 g/mol. The molecule has 0 bridgehead atoms. The minimum Gasteiger partial charge on any atom is -0.304 e. The van der Waals surface area contributed by atoms with E-state index in [0.717, 1.165) is 19.6 Å². The third-order valence-electron chi connectivity index (χ3n) is 3.75. The molecule has 0 N–H and O–H groups in total. The maximum Gasteiger partial charge on any atom is 0.0641 e. The molecule has 1 aliphatic rings. The van der Waals surface area contributed by atoms with Crippen LogP contribution < -0.4 is 0 Å². The van der Waals surface area contributed by atoms with Gasteiger partial charge in [0.25, 0.3) is 0 Å². The molecule has 18 heavy (non-hydrogen) atoms. The number of nitriles is 1. The van der Waals surface area contributed by atoms with Crippen LogP contribution in [-0.2, 0) is 0 Å². The third kappa shape index (κ3) is 2.90. The highest BCUT2D eigenvalue weighted by molar-refractivity contribution is 5.20. The van der Waals surface area contributed by atoms with Crippen LogP contribution >= 0.6 is 0 Å². The summed E-state index contributed by atoms with van der Waals surface area (Å²) >= 11 is 0. The van der Waals surface area contributed by atoms with Crippen molar-refractivity contribution in [3.8, 4) is 6.07 Å². The first kappa shape index (κ1) is 13.1. The normalized spacial score (nSPS) is 23.5. The van der Waals surface area contributed by atoms with Gasteiger partial charge < -0.3 is 4.90 Å². The van der Waals surface area contributed by atoms with Crippen LogP contribution in [0.2, 0.25) is 0 Å². The van der Waals surface area contributed by atoms with Gasteiger partial charge in [-0.15, -0.1) is 0 Å². The summed E-state index contributed by atoms with van der Waals surface area (Å²) < 4.78 is 0. The van der Waals surface area contributed by atoms with Crippen LogP contribution in [0.3, 0.4) is 0 Å². The van der Waals surface area contributed by atoms with Gasteiger partial charge in [-0.1, -0.05) is 30.3 Å². The molecule has 1 aliphatic heterocycles. The lowest BCUT2D eigenvalue weighted by molar-refractivity contribution is 0.0620. The van der Waals surface area contributed by atoms with Gasteiger partial charge in [0, 0.05) is 31.7 Å². The number of hydrogen-bond donors (Lipinski definition) is 0. The molecule has 2 rings (SSSR count). The van der Waals surface area contributed by atoms with E-state index in [2.05, 4.69) is 54.1 Å². The first-order valence-corrected chi connectivity index (χ1v) is 6.58. The number of benzene rings is 1. The lowest BCUT2D eigenvalue weighted by atomic mass is 9.99. The Morgan fingerprint density at radius 2 is 2.06 bits per heavy atom. The van der Waals surface area contributed by atoms with E-state index >= 15 is 0 Å². The molecule has 96 valence electrons. The second kappa shape index (κ2) is 5.99. The first-order valence-electron chi connectivity index (χ1n) is 6.58. The quantitative estimate of drug-likeness (QED) is 0.816. The van der Waals surface area contributed by atoms with Crippen molar-refractivity contribution in [2.45, 2.75) is 25.4 Å². The van der Waals surface area contributed by atoms with Crippen molar-refractivity contribution in [1.82, 2.24) is 9.80 Å². The Labute approximate surface area is 110 Å². The molecule has 1 saturated heterocycles. The van der Waals surface area contributed by atoms with Gasteiger partial charge in [0.1, 0.15) is 0 Å². The molecular weight excluding hydrogens is 222 g/mol. The number of piperazine rings is 1. The lowest BCUT2D eigenvalue weighted by Crippen LogP contribution is -2.51. The van der Waals surface area contributed by atoms with E-state index in [0.29, 0.717) is 12.5 Å².